The van der Waals surface area contributed by atoms with Gasteiger partial charge in [0.25, 0.3) is 0 Å². The molecule has 8 nitrogen and oxygen atoms in total. The molecule has 0 spiro atoms. The Hall–Kier alpha value is -2.70. The van der Waals surface area contributed by atoms with Gasteiger partial charge in [-0.3, -0.25) is 4.57 Å². The lowest BCUT2D eigenvalue weighted by molar-refractivity contribution is -0.0460. The number of aliphatic hydroxyl groups is 2. The SMILES string of the molecule is O=c1nc2c(cn1[C@H]1C[C@H](O)[C@@H](CO)O1)Oc1c(F)c(F)c(F)c(F)c1N2. The monoisotopic (exact) mass is 389 g/mol. The molecule has 0 aliphatic carbocycles. The quantitative estimate of drug-likeness (QED) is 0.345. The van der Waals surface area contributed by atoms with Crippen molar-refractivity contribution in [3.8, 4) is 11.5 Å². The highest BCUT2D eigenvalue weighted by Crippen LogP contribution is 2.45. The second-order valence-corrected chi connectivity index (χ2v) is 5.95. The average molecular weight is 389 g/mol. The molecule has 2 aliphatic heterocycles. The summed E-state index contributed by atoms with van der Waals surface area (Å²) in [5.74, 6) is -9.14. The summed E-state index contributed by atoms with van der Waals surface area (Å²) in [4.78, 5) is 15.8. The largest absolute Gasteiger partial charge is 0.446 e. The highest BCUT2D eigenvalue weighted by molar-refractivity contribution is 5.73. The fraction of sp³-hybridized carbons (Fsp3) is 0.333. The van der Waals surface area contributed by atoms with E-state index >= 15 is 0 Å². The first kappa shape index (κ1) is 17.7. The van der Waals surface area contributed by atoms with Crippen molar-refractivity contribution in [3.63, 3.8) is 0 Å². The van der Waals surface area contributed by atoms with E-state index in [1.807, 2.05) is 0 Å². The van der Waals surface area contributed by atoms with Gasteiger partial charge in [0.1, 0.15) is 18.0 Å². The number of hydrogen-bond acceptors (Lipinski definition) is 7. The Morgan fingerprint density at radius 3 is 2.59 bits per heavy atom. The number of aromatic nitrogens is 2. The number of hydrogen-bond donors (Lipinski definition) is 3. The van der Waals surface area contributed by atoms with Gasteiger partial charge in [0.2, 0.25) is 11.6 Å². The van der Waals surface area contributed by atoms with Gasteiger partial charge in [0, 0.05) is 6.42 Å². The molecule has 1 saturated heterocycles. The van der Waals surface area contributed by atoms with Crippen LogP contribution in [0.25, 0.3) is 0 Å². The van der Waals surface area contributed by atoms with Gasteiger partial charge in [0.15, 0.2) is 29.0 Å². The summed E-state index contributed by atoms with van der Waals surface area (Å²) in [7, 11) is 0. The third-order valence-electron chi connectivity index (χ3n) is 4.29. The number of ether oxygens (including phenoxy) is 2. The van der Waals surface area contributed by atoms with Crippen LogP contribution in [-0.2, 0) is 4.74 Å². The van der Waals surface area contributed by atoms with Crippen molar-refractivity contribution < 1.29 is 37.2 Å². The molecule has 1 aromatic heterocycles. The van der Waals surface area contributed by atoms with Crippen LogP contribution in [-0.4, -0.2) is 38.6 Å². The third-order valence-corrected chi connectivity index (χ3v) is 4.29. The number of anilines is 2. The molecule has 27 heavy (non-hydrogen) atoms. The van der Waals surface area contributed by atoms with Crippen LogP contribution in [0.2, 0.25) is 0 Å². The van der Waals surface area contributed by atoms with Crippen LogP contribution in [0.3, 0.4) is 0 Å². The van der Waals surface area contributed by atoms with Crippen molar-refractivity contribution in [2.24, 2.45) is 0 Å². The van der Waals surface area contributed by atoms with Crippen LogP contribution in [0.1, 0.15) is 12.6 Å². The lowest BCUT2D eigenvalue weighted by Gasteiger charge is -2.23. The van der Waals surface area contributed by atoms with Crippen molar-refractivity contribution in [2.75, 3.05) is 11.9 Å². The molecule has 0 bridgehead atoms. The van der Waals surface area contributed by atoms with Crippen LogP contribution in [0.4, 0.5) is 29.1 Å². The summed E-state index contributed by atoms with van der Waals surface area (Å²) in [5.41, 5.74) is -1.73. The van der Waals surface area contributed by atoms with Crippen molar-refractivity contribution >= 4 is 11.5 Å². The summed E-state index contributed by atoms with van der Waals surface area (Å²) >= 11 is 0. The lowest BCUT2D eigenvalue weighted by atomic mass is 10.2. The smallest absolute Gasteiger partial charge is 0.351 e. The first-order chi connectivity index (χ1) is 12.8. The zero-order chi connectivity index (χ0) is 19.5. The molecule has 144 valence electrons. The lowest BCUT2D eigenvalue weighted by Crippen LogP contribution is -2.29. The molecular formula is C15H11F4N3O5. The van der Waals surface area contributed by atoms with E-state index in [9.17, 15) is 27.5 Å². The van der Waals surface area contributed by atoms with Gasteiger partial charge in [-0.05, 0) is 0 Å². The summed E-state index contributed by atoms with van der Waals surface area (Å²) in [6.07, 6.45) is -1.96. The van der Waals surface area contributed by atoms with Gasteiger partial charge in [-0.2, -0.15) is 9.37 Å². The molecule has 12 heteroatoms. The minimum absolute atomic E-state index is 0.0432. The van der Waals surface area contributed by atoms with Gasteiger partial charge < -0.3 is 25.0 Å². The van der Waals surface area contributed by atoms with Crippen molar-refractivity contribution in [1.82, 2.24) is 9.55 Å². The van der Waals surface area contributed by atoms with Crippen molar-refractivity contribution in [3.05, 3.63) is 40.0 Å². The number of rotatable bonds is 2. The fourth-order valence-corrected chi connectivity index (χ4v) is 2.92. The number of nitrogens with one attached hydrogen (secondary N) is 1. The third kappa shape index (κ3) is 2.64. The van der Waals surface area contributed by atoms with Gasteiger partial charge in [0.05, 0.1) is 18.9 Å². The first-order valence-electron chi connectivity index (χ1n) is 7.70. The molecule has 2 aromatic rings. The van der Waals surface area contributed by atoms with Crippen molar-refractivity contribution in [1.29, 1.82) is 0 Å². The Kier molecular flexibility index (Phi) is 4.05. The predicted molar refractivity (Wildman–Crippen MR) is 79.7 cm³/mol. The second kappa shape index (κ2) is 6.18. The average Bonchev–Trinajstić information content (AvgIpc) is 3.03. The standard InChI is InChI=1S/C15H11F4N3O5/c16-8-9(17)11(19)13-12(10(8)18)20-14-5(27-13)2-22(15(25)21-14)7-1-4(24)6(3-23)26-7/h2,4,6-7,23-24H,1,3H2,(H,20,21,25)/t4-,6+,7+/m0/s1. The van der Waals surface area contributed by atoms with E-state index in [1.54, 1.807) is 0 Å². The normalized spacial score (nSPS) is 23.4. The highest BCUT2D eigenvalue weighted by Gasteiger charge is 2.37. The Bertz CT molecular complexity index is 999. The van der Waals surface area contributed by atoms with Crippen molar-refractivity contribution in [2.45, 2.75) is 24.9 Å². The fourth-order valence-electron chi connectivity index (χ4n) is 2.92. The Balaban J connectivity index is 1.75. The van der Waals surface area contributed by atoms with E-state index < -0.39 is 65.4 Å². The number of aliphatic hydroxyl groups excluding tert-OH is 2. The topological polar surface area (TPSA) is 106 Å². The molecule has 0 unspecified atom stereocenters. The van der Waals surface area contributed by atoms with Gasteiger partial charge >= 0.3 is 5.69 Å². The number of halogens is 4. The number of benzene rings is 1. The maximum Gasteiger partial charge on any atom is 0.351 e. The summed E-state index contributed by atoms with van der Waals surface area (Å²) in [6, 6.07) is 0. The van der Waals surface area contributed by atoms with E-state index in [0.717, 1.165) is 10.8 Å². The van der Waals surface area contributed by atoms with Crippen LogP contribution < -0.4 is 15.7 Å². The molecular weight excluding hydrogens is 378 g/mol. The molecule has 3 atom stereocenters. The predicted octanol–water partition coefficient (Wildman–Crippen LogP) is 1.29. The van der Waals surface area contributed by atoms with Crippen LogP contribution in [0.5, 0.6) is 11.5 Å². The molecule has 4 rings (SSSR count). The molecule has 0 amide bonds. The van der Waals surface area contributed by atoms with Crippen LogP contribution >= 0.6 is 0 Å². The molecule has 1 aromatic carbocycles. The molecule has 0 radical (unpaired) electrons. The summed E-state index contributed by atoms with van der Waals surface area (Å²) in [6.45, 7) is -0.481. The molecule has 2 aliphatic rings. The Morgan fingerprint density at radius 1 is 1.22 bits per heavy atom. The molecule has 3 heterocycles. The molecule has 1 fully saturated rings. The Morgan fingerprint density at radius 2 is 1.93 bits per heavy atom. The second-order valence-electron chi connectivity index (χ2n) is 5.95. The highest BCUT2D eigenvalue weighted by atomic mass is 19.2. The van der Waals surface area contributed by atoms with E-state index in [0.29, 0.717) is 0 Å². The van der Waals surface area contributed by atoms with Crippen LogP contribution in [0.15, 0.2) is 11.0 Å². The maximum atomic E-state index is 13.9. The van der Waals surface area contributed by atoms with Gasteiger partial charge in [-0.1, -0.05) is 0 Å². The van der Waals surface area contributed by atoms with Gasteiger partial charge in [-0.25, -0.2) is 18.0 Å². The number of nitrogens with zero attached hydrogens (tertiary/aromatic N) is 2. The van der Waals surface area contributed by atoms with Gasteiger partial charge in [-0.15, -0.1) is 0 Å². The molecule has 0 saturated carbocycles. The maximum absolute atomic E-state index is 13.9. The molecule has 3 N–H and O–H groups in total. The zero-order valence-electron chi connectivity index (χ0n) is 13.2. The first-order valence-corrected chi connectivity index (χ1v) is 7.70. The van der Waals surface area contributed by atoms with E-state index in [2.05, 4.69) is 10.3 Å². The zero-order valence-corrected chi connectivity index (χ0v) is 13.2. The Labute approximate surface area is 147 Å². The summed E-state index contributed by atoms with van der Waals surface area (Å²) in [5, 5.41) is 21.1. The van der Waals surface area contributed by atoms with E-state index in [1.165, 1.54) is 0 Å². The minimum atomic E-state index is -2.05. The summed E-state index contributed by atoms with van der Waals surface area (Å²) < 4.78 is 65.9. The van der Waals surface area contributed by atoms with Crippen LogP contribution in [0, 0.1) is 23.3 Å². The minimum Gasteiger partial charge on any atom is -0.446 e. The van der Waals surface area contributed by atoms with E-state index in [-0.39, 0.29) is 18.0 Å². The van der Waals surface area contributed by atoms with E-state index in [4.69, 9.17) is 14.6 Å². The number of fused-ring (bicyclic) bond motifs is 2.